The van der Waals surface area contributed by atoms with Gasteiger partial charge in [0.1, 0.15) is 9.81 Å². The summed E-state index contributed by atoms with van der Waals surface area (Å²) in [6.45, 7) is 3.43. The van der Waals surface area contributed by atoms with Crippen LogP contribution >= 0.6 is 0 Å². The number of nitrogens with zero attached hydrogens (tertiary/aromatic N) is 2. The van der Waals surface area contributed by atoms with E-state index in [1.165, 1.54) is 18.2 Å². The quantitative estimate of drug-likeness (QED) is 0.0748. The van der Waals surface area contributed by atoms with E-state index >= 15 is 0 Å². The van der Waals surface area contributed by atoms with Gasteiger partial charge >= 0.3 is 0 Å². The fourth-order valence-corrected chi connectivity index (χ4v) is 7.61. The van der Waals surface area contributed by atoms with Crippen LogP contribution in [0.2, 0.25) is 0 Å². The van der Waals surface area contributed by atoms with Gasteiger partial charge in [0.25, 0.3) is 30.4 Å². The molecule has 0 unspecified atom stereocenters. The number of carbonyl (C=O) groups excluding carboxylic acids is 2. The number of aryl methyl sites for hydroxylation is 2. The van der Waals surface area contributed by atoms with E-state index in [1.807, 2.05) is 0 Å². The molecular formula is C34H28N6O11S3. The minimum atomic E-state index is -5.07. The molecule has 0 heterocycles. The lowest BCUT2D eigenvalue weighted by atomic mass is 9.93. The smallest absolute Gasteiger partial charge is 0.296 e. The Hall–Kier alpha value is -6.03. The minimum absolute atomic E-state index is 0.113. The summed E-state index contributed by atoms with van der Waals surface area (Å²) in [5, 5.41) is 8.00. The van der Waals surface area contributed by atoms with Crippen molar-refractivity contribution in [2.45, 2.75) is 18.7 Å². The Morgan fingerprint density at radius 2 is 1.09 bits per heavy atom. The first kappa shape index (κ1) is 37.7. The van der Waals surface area contributed by atoms with Crippen molar-refractivity contribution >= 4 is 88.2 Å². The molecule has 0 radical (unpaired) electrons. The molecule has 9 N–H and O–H groups in total. The second-order valence-corrected chi connectivity index (χ2v) is 16.3. The summed E-state index contributed by atoms with van der Waals surface area (Å²) in [4.78, 5) is 24.3. The van der Waals surface area contributed by atoms with Crippen LogP contribution in [0.4, 0.5) is 22.7 Å². The highest BCUT2D eigenvalue weighted by molar-refractivity contribution is 7.91. The molecule has 2 aliphatic rings. The van der Waals surface area contributed by atoms with E-state index in [0.717, 1.165) is 29.8 Å². The molecule has 0 aliphatic heterocycles. The van der Waals surface area contributed by atoms with Gasteiger partial charge in [0.15, 0.2) is 11.4 Å². The van der Waals surface area contributed by atoms with Crippen LogP contribution in [0.1, 0.15) is 43.0 Å². The fraction of sp³-hybridized carbons (Fsp3) is 0.0588. The Morgan fingerprint density at radius 3 is 1.57 bits per heavy atom. The van der Waals surface area contributed by atoms with Crippen molar-refractivity contribution in [1.29, 1.82) is 0 Å². The number of allylic oxidation sites excluding steroid dienone is 2. The molecule has 0 saturated carbocycles. The zero-order valence-corrected chi connectivity index (χ0v) is 30.3. The minimum Gasteiger partial charge on any atom is -0.399 e. The second-order valence-electron chi connectivity index (χ2n) is 12.1. The maximum atomic E-state index is 13.4. The van der Waals surface area contributed by atoms with Crippen LogP contribution < -0.4 is 22.3 Å². The van der Waals surface area contributed by atoms with Gasteiger partial charge in [-0.1, -0.05) is 18.2 Å². The molecule has 0 bridgehead atoms. The Balaban J connectivity index is 1.26. The van der Waals surface area contributed by atoms with Crippen LogP contribution in [0.25, 0.3) is 23.3 Å². The van der Waals surface area contributed by atoms with Crippen LogP contribution in [0.3, 0.4) is 0 Å². The van der Waals surface area contributed by atoms with Gasteiger partial charge in [-0.2, -0.15) is 35.5 Å². The molecule has 0 saturated heterocycles. The van der Waals surface area contributed by atoms with Gasteiger partial charge in [0, 0.05) is 16.9 Å². The summed E-state index contributed by atoms with van der Waals surface area (Å²) in [7, 11) is -14.7. The van der Waals surface area contributed by atoms with Gasteiger partial charge < -0.3 is 11.5 Å². The molecule has 0 spiro atoms. The first-order valence-electron chi connectivity index (χ1n) is 15.3. The number of anilines is 4. The van der Waals surface area contributed by atoms with E-state index in [0.29, 0.717) is 28.1 Å². The lowest BCUT2D eigenvalue weighted by molar-refractivity contribution is 0.105. The van der Waals surface area contributed by atoms with E-state index in [4.69, 9.17) is 11.5 Å². The highest BCUT2D eigenvalue weighted by atomic mass is 32.2. The molecule has 0 fully saturated rings. The topological polar surface area (TPSA) is 298 Å². The van der Waals surface area contributed by atoms with E-state index in [9.17, 15) is 48.5 Å². The van der Waals surface area contributed by atoms with Gasteiger partial charge in [0.2, 0.25) is 11.6 Å². The predicted molar refractivity (Wildman–Crippen MR) is 203 cm³/mol. The van der Waals surface area contributed by atoms with Crippen molar-refractivity contribution in [2.75, 3.05) is 22.3 Å². The number of benzene rings is 4. The zero-order valence-electron chi connectivity index (χ0n) is 27.9. The number of nitrogens with two attached hydrogens (primary N) is 2. The SMILES string of the molecule is Cc1cc(-c2ccc(NN=C3C(=O)c4c(N)cc(S(=O)(=O)O)cc4C=C3S(=O)(=O)O)c(C)c2)ccc1NN=C1C(=O)c2cc(N)ccc2C=C1S(=O)(=O)O. The largest absolute Gasteiger partial charge is 0.399 e. The Bertz CT molecular complexity index is 2830. The van der Waals surface area contributed by atoms with E-state index < -0.39 is 68.0 Å². The number of nitrogens with one attached hydrogen (secondary N) is 2. The molecule has 0 aromatic heterocycles. The monoisotopic (exact) mass is 792 g/mol. The normalized spacial score (nSPS) is 16.1. The third-order valence-electron chi connectivity index (χ3n) is 8.41. The summed E-state index contributed by atoms with van der Waals surface area (Å²) in [5.41, 5.74) is 18.9. The van der Waals surface area contributed by atoms with Crippen molar-refractivity contribution in [1.82, 2.24) is 0 Å². The lowest BCUT2D eigenvalue weighted by Crippen LogP contribution is -2.28. The summed E-state index contributed by atoms with van der Waals surface area (Å²) in [5.74, 6) is -1.80. The Kier molecular flexibility index (Phi) is 9.38. The van der Waals surface area contributed by atoms with Crippen LogP contribution in [-0.4, -0.2) is 61.9 Å². The second kappa shape index (κ2) is 13.4. The number of fused-ring (bicyclic) bond motifs is 2. The lowest BCUT2D eigenvalue weighted by Gasteiger charge is -2.19. The van der Waals surface area contributed by atoms with Gasteiger partial charge in [-0.15, -0.1) is 0 Å². The number of rotatable bonds is 8. The number of nitrogen functional groups attached to an aromatic ring is 2. The molecule has 54 heavy (non-hydrogen) atoms. The summed E-state index contributed by atoms with van der Waals surface area (Å²) >= 11 is 0. The van der Waals surface area contributed by atoms with Crippen molar-refractivity contribution in [2.24, 2.45) is 10.2 Å². The van der Waals surface area contributed by atoms with Crippen LogP contribution in [0.15, 0.2) is 91.6 Å². The van der Waals surface area contributed by atoms with Gasteiger partial charge in [0.05, 0.1) is 21.8 Å². The molecule has 0 amide bonds. The van der Waals surface area contributed by atoms with E-state index in [-0.39, 0.29) is 33.6 Å². The number of ketones is 2. The van der Waals surface area contributed by atoms with E-state index in [1.54, 1.807) is 50.2 Å². The Morgan fingerprint density at radius 1 is 0.593 bits per heavy atom. The maximum Gasteiger partial charge on any atom is 0.296 e. The van der Waals surface area contributed by atoms with Crippen molar-refractivity contribution in [3.05, 3.63) is 110 Å². The number of hydrazone groups is 2. The molecule has 6 rings (SSSR count). The average molecular weight is 793 g/mol. The summed E-state index contributed by atoms with van der Waals surface area (Å²) in [6, 6.07) is 16.2. The molecule has 278 valence electrons. The third-order valence-corrected chi connectivity index (χ3v) is 11.0. The number of hydrogen-bond donors (Lipinski definition) is 7. The molecular weight excluding hydrogens is 765 g/mol. The maximum absolute atomic E-state index is 13.4. The predicted octanol–water partition coefficient (Wildman–Crippen LogP) is 4.17. The summed E-state index contributed by atoms with van der Waals surface area (Å²) < 4.78 is 101. The summed E-state index contributed by atoms with van der Waals surface area (Å²) in [6.07, 6.45) is 1.94. The number of carbonyl (C=O) groups is 2. The Labute approximate surface area is 308 Å². The van der Waals surface area contributed by atoms with Crippen molar-refractivity contribution in [3.8, 4) is 11.1 Å². The molecule has 2 aliphatic carbocycles. The van der Waals surface area contributed by atoms with Gasteiger partial charge in [-0.05, 0) is 108 Å². The zero-order chi connectivity index (χ0) is 39.5. The highest BCUT2D eigenvalue weighted by Crippen LogP contribution is 2.33. The van der Waals surface area contributed by atoms with Crippen molar-refractivity contribution in [3.63, 3.8) is 0 Å². The molecule has 4 aromatic carbocycles. The van der Waals surface area contributed by atoms with Gasteiger partial charge in [-0.25, -0.2) is 0 Å². The van der Waals surface area contributed by atoms with Gasteiger partial charge in [-0.3, -0.25) is 34.1 Å². The van der Waals surface area contributed by atoms with Crippen LogP contribution in [0.5, 0.6) is 0 Å². The standard InChI is InChI=1S/C34H28N6O11S3/c1-16-9-18(4-7-26(16)37-39-31-28(53(46,47)48)12-20-3-6-22(35)14-24(20)33(31)41)19-5-8-27(17(2)10-19)38-40-32-29(54(49,50)51)13-21-11-23(52(43,44)45)15-25(36)30(21)34(32)42/h3-15,37-38H,35-36H2,1-2H3,(H,43,44,45)(H,46,47,48)(H,49,50,51). The van der Waals surface area contributed by atoms with Crippen LogP contribution in [0, 0.1) is 13.8 Å². The first-order chi connectivity index (χ1) is 25.1. The molecule has 4 aromatic rings. The first-order valence-corrected chi connectivity index (χ1v) is 19.6. The van der Waals surface area contributed by atoms with Crippen LogP contribution in [-0.2, 0) is 30.4 Å². The number of hydrogen-bond acceptors (Lipinski definition) is 14. The van der Waals surface area contributed by atoms with Crippen molar-refractivity contribution < 1.29 is 48.5 Å². The van der Waals surface area contributed by atoms with E-state index in [2.05, 4.69) is 21.1 Å². The molecule has 20 heteroatoms. The molecule has 17 nitrogen and oxygen atoms in total. The molecule has 0 atom stereocenters. The average Bonchev–Trinajstić information content (AvgIpc) is 3.07. The number of Topliss-reactive ketones (excluding diaryl/α,β-unsaturated/α-hetero) is 2. The third kappa shape index (κ3) is 7.28. The fourth-order valence-electron chi connectivity index (χ4n) is 5.74. The highest BCUT2D eigenvalue weighted by Gasteiger charge is 2.36.